The molecule has 3 aromatic rings. The molecule has 1 aliphatic carbocycles. The Kier molecular flexibility index (Phi) is 5.95. The highest BCUT2D eigenvalue weighted by Gasteiger charge is 2.49. The van der Waals surface area contributed by atoms with E-state index in [1.54, 1.807) is 30.3 Å². The van der Waals surface area contributed by atoms with E-state index in [0.29, 0.717) is 11.3 Å². The number of carbonyl (C=O) groups excluding carboxylic acids is 2. The van der Waals surface area contributed by atoms with Gasteiger partial charge in [0, 0.05) is 13.0 Å². The van der Waals surface area contributed by atoms with Gasteiger partial charge in [-0.2, -0.15) is 5.10 Å². The van der Waals surface area contributed by atoms with Crippen molar-refractivity contribution in [3.05, 3.63) is 48.2 Å². The number of amides is 2. The molecule has 1 aliphatic heterocycles. The van der Waals surface area contributed by atoms with Crippen LogP contribution in [0.25, 0.3) is 11.0 Å². The van der Waals surface area contributed by atoms with Crippen LogP contribution in [0.2, 0.25) is 0 Å². The van der Waals surface area contributed by atoms with Crippen molar-refractivity contribution < 1.29 is 19.4 Å². The van der Waals surface area contributed by atoms with E-state index in [-0.39, 0.29) is 24.8 Å². The van der Waals surface area contributed by atoms with Crippen LogP contribution in [0, 0.1) is 0 Å². The number of aliphatic hydroxyl groups is 1. The van der Waals surface area contributed by atoms with E-state index in [1.165, 1.54) is 0 Å². The molecule has 2 amide bonds. The summed E-state index contributed by atoms with van der Waals surface area (Å²) in [7, 11) is 1.62. The standard InChI is InChI=1S/C25H29N5O4/c1-34-18-7-5-16(6-8-18)25(11-3-2-4-12-25)24(33)30-15-17(31)13-21(30)23(32)28-22-10-9-19-20(27-22)14-26-29-19/h5-10,14,17,21,31H,2-4,11-13,15H2,1H3,(H,26,29)(H,27,28,32)/t17-,21-/m1/s1. The monoisotopic (exact) mass is 463 g/mol. The average Bonchev–Trinajstić information content (AvgIpc) is 3.50. The van der Waals surface area contributed by atoms with Crippen LogP contribution in [0.3, 0.4) is 0 Å². The van der Waals surface area contributed by atoms with Crippen LogP contribution in [-0.4, -0.2) is 62.8 Å². The summed E-state index contributed by atoms with van der Waals surface area (Å²) in [6.45, 7) is 0.142. The molecule has 3 heterocycles. The van der Waals surface area contributed by atoms with Crippen LogP contribution < -0.4 is 10.1 Å². The van der Waals surface area contributed by atoms with Crippen molar-refractivity contribution in [3.63, 3.8) is 0 Å². The third-order valence-electron chi connectivity index (χ3n) is 7.15. The van der Waals surface area contributed by atoms with Gasteiger partial charge in [0.15, 0.2) is 0 Å². The van der Waals surface area contributed by atoms with Crippen molar-refractivity contribution in [2.45, 2.75) is 56.1 Å². The summed E-state index contributed by atoms with van der Waals surface area (Å²) < 4.78 is 5.30. The van der Waals surface area contributed by atoms with Crippen molar-refractivity contribution in [3.8, 4) is 5.75 Å². The molecule has 1 aromatic carbocycles. The van der Waals surface area contributed by atoms with E-state index in [0.717, 1.165) is 48.9 Å². The third-order valence-corrected chi connectivity index (χ3v) is 7.15. The number of fused-ring (bicyclic) bond motifs is 1. The number of β-amino-alcohol motifs (C(OH)–C–C–N with tert-alkyl or cyclic N) is 1. The average molecular weight is 464 g/mol. The lowest BCUT2D eigenvalue weighted by Crippen LogP contribution is -2.52. The number of benzene rings is 1. The quantitative estimate of drug-likeness (QED) is 0.535. The molecule has 2 aliphatic rings. The third kappa shape index (κ3) is 4.00. The number of carbonyl (C=O) groups is 2. The summed E-state index contributed by atoms with van der Waals surface area (Å²) >= 11 is 0. The lowest BCUT2D eigenvalue weighted by Gasteiger charge is -2.40. The Bertz CT molecular complexity index is 1190. The Morgan fingerprint density at radius 3 is 2.65 bits per heavy atom. The predicted octanol–water partition coefficient (Wildman–Crippen LogP) is 2.77. The van der Waals surface area contributed by atoms with Gasteiger partial charge < -0.3 is 20.1 Å². The van der Waals surface area contributed by atoms with E-state index in [9.17, 15) is 14.7 Å². The zero-order valence-corrected chi connectivity index (χ0v) is 19.2. The van der Waals surface area contributed by atoms with Gasteiger partial charge in [0.2, 0.25) is 11.8 Å². The minimum Gasteiger partial charge on any atom is -0.497 e. The highest BCUT2D eigenvalue weighted by atomic mass is 16.5. The van der Waals surface area contributed by atoms with Crippen LogP contribution >= 0.6 is 0 Å². The molecule has 0 bridgehead atoms. The fraction of sp³-hybridized carbons (Fsp3) is 0.440. The van der Waals surface area contributed by atoms with Crippen LogP contribution in [0.1, 0.15) is 44.1 Å². The number of anilines is 1. The summed E-state index contributed by atoms with van der Waals surface area (Å²) in [6, 6.07) is 10.4. The molecule has 2 fully saturated rings. The Labute approximate surface area is 197 Å². The number of nitrogens with zero attached hydrogens (tertiary/aromatic N) is 3. The van der Waals surface area contributed by atoms with E-state index in [1.807, 2.05) is 24.3 Å². The predicted molar refractivity (Wildman–Crippen MR) is 126 cm³/mol. The maximum Gasteiger partial charge on any atom is 0.248 e. The van der Waals surface area contributed by atoms with Crippen LogP contribution in [-0.2, 0) is 15.0 Å². The molecule has 1 saturated heterocycles. The molecular weight excluding hydrogens is 434 g/mol. The zero-order chi connectivity index (χ0) is 23.7. The van der Waals surface area contributed by atoms with Crippen LogP contribution in [0.15, 0.2) is 42.6 Å². The number of rotatable bonds is 5. The maximum atomic E-state index is 14.1. The van der Waals surface area contributed by atoms with Gasteiger partial charge >= 0.3 is 0 Å². The Balaban J connectivity index is 1.41. The van der Waals surface area contributed by atoms with Gasteiger partial charge in [-0.05, 0) is 42.7 Å². The molecular formula is C25H29N5O4. The first-order chi connectivity index (χ1) is 16.5. The minimum absolute atomic E-state index is 0.0905. The topological polar surface area (TPSA) is 120 Å². The number of methoxy groups -OCH3 is 1. The number of ether oxygens (including phenoxy) is 1. The number of hydrogen-bond donors (Lipinski definition) is 3. The number of likely N-dealkylation sites (tertiary alicyclic amines) is 1. The normalized spacial score (nSPS) is 22.0. The van der Waals surface area contributed by atoms with Gasteiger partial charge in [0.05, 0.1) is 30.3 Å². The minimum atomic E-state index is -0.763. The van der Waals surface area contributed by atoms with Gasteiger partial charge in [-0.3, -0.25) is 14.7 Å². The second kappa shape index (κ2) is 9.06. The number of pyridine rings is 1. The lowest BCUT2D eigenvalue weighted by molar-refractivity contribution is -0.143. The smallest absolute Gasteiger partial charge is 0.248 e. The molecule has 34 heavy (non-hydrogen) atoms. The van der Waals surface area contributed by atoms with Crippen LogP contribution in [0.4, 0.5) is 5.82 Å². The molecule has 0 spiro atoms. The maximum absolute atomic E-state index is 14.1. The number of aromatic nitrogens is 3. The molecule has 0 radical (unpaired) electrons. The number of aliphatic hydroxyl groups excluding tert-OH is 1. The highest BCUT2D eigenvalue weighted by Crippen LogP contribution is 2.43. The van der Waals surface area contributed by atoms with Crippen molar-refractivity contribution >= 4 is 28.7 Å². The Morgan fingerprint density at radius 2 is 1.91 bits per heavy atom. The molecule has 9 nitrogen and oxygen atoms in total. The molecule has 0 unspecified atom stereocenters. The molecule has 1 saturated carbocycles. The highest BCUT2D eigenvalue weighted by molar-refractivity contribution is 5.99. The van der Waals surface area contributed by atoms with Crippen molar-refractivity contribution in [1.82, 2.24) is 20.1 Å². The van der Waals surface area contributed by atoms with Gasteiger partial charge in [0.1, 0.15) is 23.1 Å². The first kappa shape index (κ1) is 22.3. The fourth-order valence-electron chi connectivity index (χ4n) is 5.36. The van der Waals surface area contributed by atoms with Gasteiger partial charge in [-0.25, -0.2) is 4.98 Å². The van der Waals surface area contributed by atoms with E-state index in [4.69, 9.17) is 4.74 Å². The first-order valence-corrected chi connectivity index (χ1v) is 11.7. The number of nitrogens with one attached hydrogen (secondary N) is 2. The second-order valence-corrected chi connectivity index (χ2v) is 9.22. The molecule has 2 atom stereocenters. The van der Waals surface area contributed by atoms with Gasteiger partial charge in [0.25, 0.3) is 0 Å². The number of aromatic amines is 1. The van der Waals surface area contributed by atoms with E-state index >= 15 is 0 Å². The lowest BCUT2D eigenvalue weighted by atomic mass is 9.68. The van der Waals surface area contributed by atoms with E-state index < -0.39 is 17.6 Å². The summed E-state index contributed by atoms with van der Waals surface area (Å²) in [6.07, 6.45) is 5.45. The SMILES string of the molecule is COc1ccc(C2(C(=O)N3C[C@H](O)C[C@@H]3C(=O)Nc3ccc4[nH]ncc4n3)CCCCC2)cc1. The first-order valence-electron chi connectivity index (χ1n) is 11.7. The number of hydrogen-bond acceptors (Lipinski definition) is 6. The van der Waals surface area contributed by atoms with E-state index in [2.05, 4.69) is 20.5 Å². The molecule has 2 aromatic heterocycles. The summed E-state index contributed by atoms with van der Waals surface area (Å²) in [5.74, 6) is 0.682. The van der Waals surface area contributed by atoms with Crippen molar-refractivity contribution in [1.29, 1.82) is 0 Å². The zero-order valence-electron chi connectivity index (χ0n) is 19.2. The summed E-state index contributed by atoms with van der Waals surface area (Å²) in [5, 5.41) is 20.1. The van der Waals surface area contributed by atoms with Gasteiger partial charge in [-0.1, -0.05) is 31.4 Å². The fourth-order valence-corrected chi connectivity index (χ4v) is 5.36. The van der Waals surface area contributed by atoms with Crippen molar-refractivity contribution in [2.24, 2.45) is 0 Å². The molecule has 178 valence electrons. The van der Waals surface area contributed by atoms with Gasteiger partial charge in [-0.15, -0.1) is 0 Å². The number of H-pyrrole nitrogens is 1. The Hall–Kier alpha value is -3.46. The Morgan fingerprint density at radius 1 is 1.15 bits per heavy atom. The molecule has 3 N–H and O–H groups in total. The molecule has 5 rings (SSSR count). The molecule has 9 heteroatoms. The largest absolute Gasteiger partial charge is 0.497 e. The summed E-state index contributed by atoms with van der Waals surface area (Å²) in [4.78, 5) is 33.3. The van der Waals surface area contributed by atoms with Crippen LogP contribution in [0.5, 0.6) is 5.75 Å². The van der Waals surface area contributed by atoms with Crippen molar-refractivity contribution in [2.75, 3.05) is 19.0 Å². The summed E-state index contributed by atoms with van der Waals surface area (Å²) in [5.41, 5.74) is 1.63. The second-order valence-electron chi connectivity index (χ2n) is 9.22.